The Morgan fingerprint density at radius 2 is 2.54 bits per heavy atom. The van der Waals surface area contributed by atoms with E-state index in [1.165, 1.54) is 9.12 Å². The summed E-state index contributed by atoms with van der Waals surface area (Å²) >= 11 is 2.16. The highest BCUT2D eigenvalue weighted by Gasteiger charge is 2.38. The minimum absolute atomic E-state index is 0.196. The van der Waals surface area contributed by atoms with Crippen LogP contribution >= 0.6 is 30.3 Å². The highest BCUT2D eigenvalue weighted by molar-refractivity contribution is 14.2. The molecule has 0 N–H and O–H groups in total. The van der Waals surface area contributed by atoms with Gasteiger partial charge in [0.15, 0.2) is 0 Å². The fraction of sp³-hybridized carbons (Fsp3) is 0.667. The van der Waals surface area contributed by atoms with E-state index in [1.54, 1.807) is 0 Å². The van der Waals surface area contributed by atoms with E-state index in [-0.39, 0.29) is 11.3 Å². The number of halogens is 1. The molecule has 1 heterocycles. The average Bonchev–Trinajstić information content (AvgIpc) is 2.11. The van der Waals surface area contributed by atoms with Gasteiger partial charge in [0.05, 0.1) is 5.41 Å². The molecule has 0 aromatic rings. The molecule has 4 heteroatoms. The molecule has 0 spiro atoms. The molecule has 1 fully saturated rings. The van der Waals surface area contributed by atoms with Crippen LogP contribution in [0.2, 0.25) is 0 Å². The lowest BCUT2D eigenvalue weighted by Crippen LogP contribution is -2.43. The highest BCUT2D eigenvalue weighted by Crippen LogP contribution is 2.38. The van der Waals surface area contributed by atoms with Crippen LogP contribution in [0.15, 0.2) is 12.7 Å². The molecule has 2 nitrogen and oxygen atoms in total. The topological polar surface area (TPSA) is 20.3 Å². The molecule has 0 saturated carbocycles. The molecule has 1 rings (SSSR count). The van der Waals surface area contributed by atoms with Gasteiger partial charge in [-0.05, 0) is 19.3 Å². The van der Waals surface area contributed by atoms with E-state index in [9.17, 15) is 4.79 Å². The molecule has 0 aromatic carbocycles. The van der Waals surface area contributed by atoms with Crippen LogP contribution in [0.1, 0.15) is 26.2 Å². The van der Waals surface area contributed by atoms with Crippen molar-refractivity contribution in [2.24, 2.45) is 5.41 Å². The number of allylic oxidation sites excluding steroid dienone is 1. The van der Waals surface area contributed by atoms with E-state index in [2.05, 4.69) is 27.8 Å². The zero-order valence-electron chi connectivity index (χ0n) is 7.75. The zero-order chi connectivity index (χ0) is 9.90. The molecule has 0 radical (unpaired) electrons. The van der Waals surface area contributed by atoms with Gasteiger partial charge < -0.3 is 0 Å². The lowest BCUT2D eigenvalue weighted by atomic mass is 9.79. The number of amides is 1. The standard InChI is InChI=1S/C9H14INOS/c1-3-5-9(2)6-4-7-11(13-10)8(9)12/h3H,1,4-7H2,2H3. The molecule has 1 aliphatic heterocycles. The SMILES string of the molecule is C=CCC1(C)CCCN(SI)C1=O. The smallest absolute Gasteiger partial charge is 0.239 e. The Hall–Kier alpha value is 0.290. The van der Waals surface area contributed by atoms with Crippen LogP contribution in [0.4, 0.5) is 0 Å². The van der Waals surface area contributed by atoms with Crippen LogP contribution < -0.4 is 0 Å². The molecule has 0 bridgehead atoms. The summed E-state index contributed by atoms with van der Waals surface area (Å²) < 4.78 is 1.85. The zero-order valence-corrected chi connectivity index (χ0v) is 10.7. The number of rotatable bonds is 3. The third kappa shape index (κ3) is 2.40. The first-order valence-electron chi connectivity index (χ1n) is 4.35. The largest absolute Gasteiger partial charge is 0.277 e. The van der Waals surface area contributed by atoms with E-state index in [4.69, 9.17) is 0 Å². The van der Waals surface area contributed by atoms with Crippen molar-refractivity contribution in [3.63, 3.8) is 0 Å². The van der Waals surface area contributed by atoms with E-state index in [0.717, 1.165) is 25.8 Å². The number of nitrogens with zero attached hydrogens (tertiary/aromatic N) is 1. The van der Waals surface area contributed by atoms with Crippen molar-refractivity contribution in [2.75, 3.05) is 6.54 Å². The molecule has 1 amide bonds. The first kappa shape index (κ1) is 11.4. The summed E-state index contributed by atoms with van der Waals surface area (Å²) in [5, 5.41) is 0. The van der Waals surface area contributed by atoms with Gasteiger partial charge in [-0.15, -0.1) is 6.58 Å². The fourth-order valence-corrected chi connectivity index (χ4v) is 3.30. The monoisotopic (exact) mass is 311 g/mol. The number of hydrogen-bond donors (Lipinski definition) is 0. The molecular formula is C9H14INOS. The van der Waals surface area contributed by atoms with E-state index >= 15 is 0 Å². The first-order chi connectivity index (χ1) is 6.14. The molecule has 1 aliphatic rings. The van der Waals surface area contributed by atoms with Crippen molar-refractivity contribution in [3.8, 4) is 0 Å². The molecule has 74 valence electrons. The van der Waals surface area contributed by atoms with Crippen LogP contribution in [0.25, 0.3) is 0 Å². The Kier molecular flexibility index (Phi) is 4.09. The second kappa shape index (κ2) is 4.68. The van der Waals surface area contributed by atoms with E-state index in [0.29, 0.717) is 0 Å². The van der Waals surface area contributed by atoms with Gasteiger partial charge in [0, 0.05) is 36.9 Å². The van der Waals surface area contributed by atoms with Crippen molar-refractivity contribution < 1.29 is 4.79 Å². The van der Waals surface area contributed by atoms with Crippen LogP contribution in [0.5, 0.6) is 0 Å². The third-order valence-electron chi connectivity index (χ3n) is 2.51. The fourth-order valence-electron chi connectivity index (χ4n) is 1.70. The first-order valence-corrected chi connectivity index (χ1v) is 7.67. The Labute approximate surface area is 95.9 Å². The van der Waals surface area contributed by atoms with Gasteiger partial charge in [0.1, 0.15) is 0 Å². The van der Waals surface area contributed by atoms with Crippen molar-refractivity contribution in [1.82, 2.24) is 4.31 Å². The second-order valence-electron chi connectivity index (χ2n) is 3.63. The van der Waals surface area contributed by atoms with Gasteiger partial charge in [-0.2, -0.15) is 0 Å². The third-order valence-corrected chi connectivity index (χ3v) is 4.45. The molecule has 1 atom stereocenters. The predicted molar refractivity (Wildman–Crippen MR) is 65.5 cm³/mol. The van der Waals surface area contributed by atoms with Gasteiger partial charge in [-0.1, -0.05) is 13.0 Å². The van der Waals surface area contributed by atoms with Crippen molar-refractivity contribution in [1.29, 1.82) is 0 Å². The van der Waals surface area contributed by atoms with E-state index in [1.807, 2.05) is 17.3 Å². The maximum atomic E-state index is 11.9. The number of piperidine rings is 1. The summed E-state index contributed by atoms with van der Waals surface area (Å²) in [5.74, 6) is 0.262. The summed E-state index contributed by atoms with van der Waals surface area (Å²) in [6.45, 7) is 6.63. The summed E-state index contributed by atoms with van der Waals surface area (Å²) in [6.07, 6.45) is 4.73. The summed E-state index contributed by atoms with van der Waals surface area (Å²) in [7, 11) is 1.50. The quantitative estimate of drug-likeness (QED) is 0.453. The molecule has 13 heavy (non-hydrogen) atoms. The molecule has 1 saturated heterocycles. The Morgan fingerprint density at radius 1 is 1.85 bits per heavy atom. The predicted octanol–water partition coefficient (Wildman–Crippen LogP) is 3.19. The molecule has 0 aliphatic carbocycles. The molecular weight excluding hydrogens is 297 g/mol. The minimum Gasteiger partial charge on any atom is -0.277 e. The Bertz CT molecular complexity index is 222. The maximum absolute atomic E-state index is 11.9. The average molecular weight is 311 g/mol. The summed E-state index contributed by atoms with van der Waals surface area (Å²) in [6, 6.07) is 0. The van der Waals surface area contributed by atoms with Crippen LogP contribution in [0.3, 0.4) is 0 Å². The number of carbonyl (C=O) groups excluding carboxylic acids is 1. The van der Waals surface area contributed by atoms with Gasteiger partial charge in [0.25, 0.3) is 0 Å². The van der Waals surface area contributed by atoms with Crippen molar-refractivity contribution in [2.45, 2.75) is 26.2 Å². The second-order valence-corrected chi connectivity index (χ2v) is 5.39. The lowest BCUT2D eigenvalue weighted by Gasteiger charge is -2.36. The molecule has 1 unspecified atom stereocenters. The summed E-state index contributed by atoms with van der Waals surface area (Å²) in [5.41, 5.74) is -0.196. The van der Waals surface area contributed by atoms with Crippen molar-refractivity contribution >= 4 is 36.2 Å². The summed E-state index contributed by atoms with van der Waals surface area (Å²) in [4.78, 5) is 11.9. The maximum Gasteiger partial charge on any atom is 0.239 e. The van der Waals surface area contributed by atoms with Gasteiger partial charge in [-0.25, -0.2) is 0 Å². The van der Waals surface area contributed by atoms with Crippen LogP contribution in [-0.4, -0.2) is 16.8 Å². The van der Waals surface area contributed by atoms with Crippen LogP contribution in [0, 0.1) is 5.41 Å². The van der Waals surface area contributed by atoms with Gasteiger partial charge in [0.2, 0.25) is 5.91 Å². The van der Waals surface area contributed by atoms with Gasteiger partial charge in [-0.3, -0.25) is 9.10 Å². The lowest BCUT2D eigenvalue weighted by molar-refractivity contribution is -0.138. The molecule has 0 aromatic heterocycles. The Balaban J connectivity index is 2.74. The Morgan fingerprint density at radius 3 is 3.08 bits per heavy atom. The minimum atomic E-state index is -0.196. The van der Waals surface area contributed by atoms with Crippen molar-refractivity contribution in [3.05, 3.63) is 12.7 Å². The highest BCUT2D eigenvalue weighted by atomic mass is 127. The normalized spacial score (nSPS) is 29.1. The number of hydrogen-bond acceptors (Lipinski definition) is 2. The van der Waals surface area contributed by atoms with Crippen LogP contribution in [-0.2, 0) is 4.79 Å². The number of carbonyl (C=O) groups is 1. The van der Waals surface area contributed by atoms with E-state index < -0.39 is 0 Å². The van der Waals surface area contributed by atoms with Gasteiger partial charge >= 0.3 is 0 Å².